The molecular weight excluding hydrogens is 212 g/mol. The van der Waals surface area contributed by atoms with E-state index < -0.39 is 0 Å². The van der Waals surface area contributed by atoms with E-state index in [1.807, 2.05) is 12.1 Å². The van der Waals surface area contributed by atoms with Gasteiger partial charge in [0, 0.05) is 18.7 Å². The van der Waals surface area contributed by atoms with Crippen LogP contribution in [-0.4, -0.2) is 18.5 Å². The van der Waals surface area contributed by atoms with Gasteiger partial charge >= 0.3 is 0 Å². The van der Waals surface area contributed by atoms with E-state index in [1.165, 1.54) is 12.5 Å². The molecule has 1 aromatic carbocycles. The molecule has 0 aromatic heterocycles. The number of carbonyl (C=O) groups is 1. The van der Waals surface area contributed by atoms with Crippen LogP contribution >= 0.6 is 0 Å². The summed E-state index contributed by atoms with van der Waals surface area (Å²) in [7, 11) is 0. The van der Waals surface area contributed by atoms with Gasteiger partial charge < -0.3 is 10.6 Å². The molecule has 2 N–H and O–H groups in total. The van der Waals surface area contributed by atoms with Gasteiger partial charge in [-0.2, -0.15) is 0 Å². The monoisotopic (exact) mass is 234 g/mol. The van der Waals surface area contributed by atoms with Crippen LogP contribution < -0.4 is 10.6 Å². The van der Waals surface area contributed by atoms with Crippen molar-refractivity contribution >= 4 is 11.6 Å². The largest absolute Gasteiger partial charge is 0.326 e. The molecule has 17 heavy (non-hydrogen) atoms. The lowest BCUT2D eigenvalue weighted by atomic mass is 10.1. The highest BCUT2D eigenvalue weighted by atomic mass is 16.1. The molecule has 0 saturated heterocycles. The summed E-state index contributed by atoms with van der Waals surface area (Å²) in [5.74, 6) is -0.0313. The van der Waals surface area contributed by atoms with Crippen molar-refractivity contribution in [3.05, 3.63) is 29.8 Å². The number of rotatable bonds is 6. The maximum absolute atomic E-state index is 10.9. The Hall–Kier alpha value is -1.35. The fourth-order valence-electron chi connectivity index (χ4n) is 1.57. The molecule has 1 atom stereocenters. The Bertz CT molecular complexity index is 346. The molecule has 94 valence electrons. The van der Waals surface area contributed by atoms with E-state index in [9.17, 15) is 4.79 Å². The van der Waals surface area contributed by atoms with Crippen molar-refractivity contribution in [3.63, 3.8) is 0 Å². The van der Waals surface area contributed by atoms with E-state index >= 15 is 0 Å². The molecule has 3 heteroatoms. The van der Waals surface area contributed by atoms with Gasteiger partial charge in [-0.3, -0.25) is 4.79 Å². The fourth-order valence-corrected chi connectivity index (χ4v) is 1.57. The molecular formula is C14H22N2O. The van der Waals surface area contributed by atoms with Crippen molar-refractivity contribution < 1.29 is 4.79 Å². The zero-order valence-corrected chi connectivity index (χ0v) is 10.9. The highest BCUT2D eigenvalue weighted by molar-refractivity contribution is 5.88. The second kappa shape index (κ2) is 7.07. The standard InChI is InChI=1S/C14H22N2O/c1-4-11(2)15-10-9-13-5-7-14(8-6-13)16-12(3)17/h5-8,11,15H,4,9-10H2,1-3H3,(H,16,17). The molecule has 3 nitrogen and oxygen atoms in total. The summed E-state index contributed by atoms with van der Waals surface area (Å²) in [4.78, 5) is 10.9. The second-order valence-electron chi connectivity index (χ2n) is 4.39. The van der Waals surface area contributed by atoms with Gasteiger partial charge in [0.05, 0.1) is 0 Å². The Labute approximate surface area is 104 Å². The maximum atomic E-state index is 10.9. The van der Waals surface area contributed by atoms with Crippen LogP contribution in [0.1, 0.15) is 32.8 Å². The van der Waals surface area contributed by atoms with Crippen LogP contribution in [0.2, 0.25) is 0 Å². The number of benzene rings is 1. The van der Waals surface area contributed by atoms with Gasteiger partial charge in [-0.05, 0) is 44.0 Å². The van der Waals surface area contributed by atoms with Crippen LogP contribution in [0.4, 0.5) is 5.69 Å². The first-order valence-electron chi connectivity index (χ1n) is 6.21. The van der Waals surface area contributed by atoms with Gasteiger partial charge in [-0.25, -0.2) is 0 Å². The number of hydrogen-bond acceptors (Lipinski definition) is 2. The normalized spacial score (nSPS) is 12.2. The quantitative estimate of drug-likeness (QED) is 0.794. The maximum Gasteiger partial charge on any atom is 0.221 e. The Morgan fingerprint density at radius 1 is 1.29 bits per heavy atom. The van der Waals surface area contributed by atoms with Crippen LogP contribution in [0.15, 0.2) is 24.3 Å². The summed E-state index contributed by atoms with van der Waals surface area (Å²) in [5, 5.41) is 6.22. The number of nitrogens with one attached hydrogen (secondary N) is 2. The van der Waals surface area contributed by atoms with Crippen LogP contribution in [0.5, 0.6) is 0 Å². The van der Waals surface area contributed by atoms with E-state index in [0.29, 0.717) is 6.04 Å². The van der Waals surface area contributed by atoms with E-state index in [1.54, 1.807) is 0 Å². The zero-order chi connectivity index (χ0) is 12.7. The minimum atomic E-state index is -0.0313. The molecule has 1 amide bonds. The SMILES string of the molecule is CCC(C)NCCc1ccc(NC(C)=O)cc1. The van der Waals surface area contributed by atoms with Crippen LogP contribution in [-0.2, 0) is 11.2 Å². The molecule has 0 bridgehead atoms. The number of carbonyl (C=O) groups excluding carboxylic acids is 1. The van der Waals surface area contributed by atoms with Gasteiger partial charge in [0.25, 0.3) is 0 Å². The molecule has 1 rings (SSSR count). The van der Waals surface area contributed by atoms with Crippen LogP contribution in [0.25, 0.3) is 0 Å². The van der Waals surface area contributed by atoms with Crippen LogP contribution in [0.3, 0.4) is 0 Å². The van der Waals surface area contributed by atoms with E-state index in [-0.39, 0.29) is 5.91 Å². The molecule has 0 aliphatic rings. The minimum absolute atomic E-state index is 0.0313. The second-order valence-corrected chi connectivity index (χ2v) is 4.39. The Balaban J connectivity index is 2.37. The third-order valence-corrected chi connectivity index (χ3v) is 2.79. The van der Waals surface area contributed by atoms with Crippen molar-refractivity contribution in [2.24, 2.45) is 0 Å². The molecule has 0 spiro atoms. The molecule has 1 aromatic rings. The molecule has 1 unspecified atom stereocenters. The molecule has 0 fully saturated rings. The number of amides is 1. The average molecular weight is 234 g/mol. The topological polar surface area (TPSA) is 41.1 Å². The van der Waals surface area contributed by atoms with Crippen molar-refractivity contribution in [3.8, 4) is 0 Å². The van der Waals surface area contributed by atoms with Gasteiger partial charge in [0.2, 0.25) is 5.91 Å². The first-order chi connectivity index (χ1) is 8.11. The van der Waals surface area contributed by atoms with Crippen molar-refractivity contribution in [2.45, 2.75) is 39.7 Å². The molecule has 0 heterocycles. The smallest absolute Gasteiger partial charge is 0.221 e. The lowest BCUT2D eigenvalue weighted by Crippen LogP contribution is -2.27. The summed E-state index contributed by atoms with van der Waals surface area (Å²) in [6, 6.07) is 8.58. The summed E-state index contributed by atoms with van der Waals surface area (Å²) in [6.07, 6.45) is 2.17. The predicted octanol–water partition coefficient (Wildman–Crippen LogP) is 2.58. The minimum Gasteiger partial charge on any atom is -0.326 e. The third kappa shape index (κ3) is 5.50. The summed E-state index contributed by atoms with van der Waals surface area (Å²) >= 11 is 0. The highest BCUT2D eigenvalue weighted by Crippen LogP contribution is 2.09. The molecule has 0 aliphatic carbocycles. The van der Waals surface area contributed by atoms with Crippen molar-refractivity contribution in [2.75, 3.05) is 11.9 Å². The van der Waals surface area contributed by atoms with Gasteiger partial charge in [0.15, 0.2) is 0 Å². The third-order valence-electron chi connectivity index (χ3n) is 2.79. The summed E-state index contributed by atoms with van der Waals surface area (Å²) in [5.41, 5.74) is 2.14. The first-order valence-corrected chi connectivity index (χ1v) is 6.21. The molecule has 0 radical (unpaired) electrons. The molecule has 0 saturated carbocycles. The number of anilines is 1. The van der Waals surface area contributed by atoms with Crippen molar-refractivity contribution in [1.82, 2.24) is 5.32 Å². The van der Waals surface area contributed by atoms with Gasteiger partial charge in [0.1, 0.15) is 0 Å². The average Bonchev–Trinajstić information content (AvgIpc) is 2.30. The van der Waals surface area contributed by atoms with Gasteiger partial charge in [-0.15, -0.1) is 0 Å². The number of hydrogen-bond donors (Lipinski definition) is 2. The summed E-state index contributed by atoms with van der Waals surface area (Å²) < 4.78 is 0. The first kappa shape index (κ1) is 13.7. The fraction of sp³-hybridized carbons (Fsp3) is 0.500. The van der Waals surface area contributed by atoms with E-state index in [0.717, 1.165) is 25.1 Å². The van der Waals surface area contributed by atoms with E-state index in [2.05, 4.69) is 36.6 Å². The van der Waals surface area contributed by atoms with Crippen LogP contribution in [0, 0.1) is 0 Å². The van der Waals surface area contributed by atoms with E-state index in [4.69, 9.17) is 0 Å². The highest BCUT2D eigenvalue weighted by Gasteiger charge is 1.99. The Morgan fingerprint density at radius 3 is 2.47 bits per heavy atom. The lowest BCUT2D eigenvalue weighted by molar-refractivity contribution is -0.114. The Morgan fingerprint density at radius 2 is 1.94 bits per heavy atom. The Kier molecular flexibility index (Phi) is 5.70. The zero-order valence-electron chi connectivity index (χ0n) is 10.9. The lowest BCUT2D eigenvalue weighted by Gasteiger charge is -2.11. The predicted molar refractivity (Wildman–Crippen MR) is 72.2 cm³/mol. The molecule has 0 aliphatic heterocycles. The summed E-state index contributed by atoms with van der Waals surface area (Å²) in [6.45, 7) is 6.89. The van der Waals surface area contributed by atoms with Crippen molar-refractivity contribution in [1.29, 1.82) is 0 Å². The van der Waals surface area contributed by atoms with Gasteiger partial charge in [-0.1, -0.05) is 19.1 Å².